The molecule has 0 aromatic heterocycles. The van der Waals surface area contributed by atoms with Gasteiger partial charge in [-0.15, -0.1) is 5.56 Å². The molecule has 0 heterocycles. The van der Waals surface area contributed by atoms with Crippen LogP contribution in [0.4, 0.5) is 0 Å². The van der Waals surface area contributed by atoms with Crippen molar-refractivity contribution in [3.05, 3.63) is 131 Å². The van der Waals surface area contributed by atoms with Crippen molar-refractivity contribution in [3.63, 3.8) is 0 Å². The quantitative estimate of drug-likeness (QED) is 0.263. The molecule has 0 radical (unpaired) electrons. The van der Waals surface area contributed by atoms with Crippen LogP contribution in [0.3, 0.4) is 0 Å². The molecular weight excluding hydrogens is 607 g/mol. The summed E-state index contributed by atoms with van der Waals surface area (Å²) in [6, 6.07) is 33.0. The van der Waals surface area contributed by atoms with Gasteiger partial charge in [-0.1, -0.05) is 94.2 Å². The van der Waals surface area contributed by atoms with Crippen molar-refractivity contribution in [3.8, 4) is 11.1 Å². The Kier molecular flexibility index (Phi) is 13.5. The molecule has 0 aliphatic heterocycles. The van der Waals surface area contributed by atoms with Gasteiger partial charge in [0, 0.05) is 0 Å². The summed E-state index contributed by atoms with van der Waals surface area (Å²) < 4.78 is 2.23. The summed E-state index contributed by atoms with van der Waals surface area (Å²) in [7, 11) is 0. The van der Waals surface area contributed by atoms with Crippen LogP contribution in [0.1, 0.15) is 64.2 Å². The number of rotatable bonds is 3. The topological polar surface area (TPSA) is 0 Å². The first kappa shape index (κ1) is 34.2. The first-order valence-electron chi connectivity index (χ1n) is 13.8. The molecule has 1 unspecified atom stereocenters. The summed E-state index contributed by atoms with van der Waals surface area (Å²) in [5.74, 6) is 0.573. The van der Waals surface area contributed by atoms with E-state index < -0.39 is 0 Å². The number of hydrogen-bond donors (Lipinski definition) is 0. The summed E-state index contributed by atoms with van der Waals surface area (Å²) in [5.41, 5.74) is 10.1. The summed E-state index contributed by atoms with van der Waals surface area (Å²) in [6.45, 7) is 11.3. The predicted octanol–water partition coefficient (Wildman–Crippen LogP) is 3.74. The molecule has 0 saturated carbocycles. The third-order valence-corrected chi connectivity index (χ3v) is 8.01. The average molecular weight is 645 g/mol. The molecule has 0 saturated heterocycles. The van der Waals surface area contributed by atoms with Gasteiger partial charge in [0.1, 0.15) is 0 Å². The molecule has 2 aliphatic carbocycles. The zero-order valence-electron chi connectivity index (χ0n) is 24.2. The second kappa shape index (κ2) is 15.8. The minimum absolute atomic E-state index is 0. The molecular formula is C37H38Cl2Zr-2. The van der Waals surface area contributed by atoms with Crippen LogP contribution in [0.15, 0.2) is 102 Å². The minimum atomic E-state index is 0. The van der Waals surface area contributed by atoms with Gasteiger partial charge in [-0.2, -0.15) is 41.5 Å². The van der Waals surface area contributed by atoms with E-state index in [0.717, 1.165) is 12.8 Å². The molecule has 40 heavy (non-hydrogen) atoms. The van der Waals surface area contributed by atoms with Crippen molar-refractivity contribution in [1.82, 2.24) is 0 Å². The van der Waals surface area contributed by atoms with E-state index in [-0.39, 0.29) is 24.8 Å². The maximum atomic E-state index is 3.57. The Balaban J connectivity index is 0.000000205. The van der Waals surface area contributed by atoms with E-state index in [0.29, 0.717) is 11.3 Å². The van der Waals surface area contributed by atoms with Crippen LogP contribution in [0.2, 0.25) is 0 Å². The molecule has 2 aliphatic rings. The van der Waals surface area contributed by atoms with E-state index >= 15 is 0 Å². The molecule has 206 valence electrons. The molecule has 0 N–H and O–H groups in total. The van der Waals surface area contributed by atoms with Crippen LogP contribution >= 0.6 is 0 Å². The molecule has 6 rings (SSSR count). The van der Waals surface area contributed by atoms with Gasteiger partial charge in [-0.25, -0.2) is 5.57 Å². The Hall–Kier alpha value is -2.05. The maximum absolute atomic E-state index is 3.57. The molecule has 0 bridgehead atoms. The van der Waals surface area contributed by atoms with Gasteiger partial charge in [0.25, 0.3) is 0 Å². The van der Waals surface area contributed by atoms with Crippen molar-refractivity contribution in [2.45, 2.75) is 53.9 Å². The Morgan fingerprint density at radius 2 is 1.52 bits per heavy atom. The standard InChI is InChI=1S/C13H9.C13H21.C11H8.2ClH.Zr/c1-3-7-12-10(5-1)9-11-6-2-4-8-13(11)12;1-6-10-8-11(7-2)12(9-10)13(3,4)5;1-9-5-4-7-10-6-2-3-8-11(9)10;;;/h1-5,7-8H,9H2;9-10H,6-7H2,1-5H3;1-8H;2*1H;/q2*-1;;;;+2/p-2. The van der Waals surface area contributed by atoms with Crippen molar-refractivity contribution in [1.29, 1.82) is 0 Å². The van der Waals surface area contributed by atoms with E-state index in [4.69, 9.17) is 0 Å². The van der Waals surface area contributed by atoms with Crippen LogP contribution in [0.25, 0.3) is 21.9 Å². The number of halogens is 2. The maximum Gasteiger partial charge on any atom is -0.0253 e. The normalized spacial score (nSPS) is 14.5. The average Bonchev–Trinajstić information content (AvgIpc) is 3.55. The van der Waals surface area contributed by atoms with Gasteiger partial charge < -0.3 is 24.8 Å². The van der Waals surface area contributed by atoms with Crippen molar-refractivity contribution in [2.75, 3.05) is 0 Å². The van der Waals surface area contributed by atoms with E-state index in [2.05, 4.69) is 135 Å². The van der Waals surface area contributed by atoms with Crippen LogP contribution in [0, 0.1) is 23.5 Å². The van der Waals surface area contributed by atoms with Gasteiger partial charge in [0.15, 0.2) is 0 Å². The number of fused-ring (bicyclic) bond motifs is 4. The molecule has 0 amide bonds. The van der Waals surface area contributed by atoms with Crippen LogP contribution in [0.5, 0.6) is 0 Å². The fourth-order valence-corrected chi connectivity index (χ4v) is 5.85. The van der Waals surface area contributed by atoms with Crippen molar-refractivity contribution >= 4 is 14.5 Å². The number of hydrogen-bond acceptors (Lipinski definition) is 0. The molecule has 0 nitrogen and oxygen atoms in total. The monoisotopic (exact) mass is 642 g/mol. The van der Waals surface area contributed by atoms with E-state index in [1.165, 1.54) is 80.4 Å². The van der Waals surface area contributed by atoms with E-state index in [1.54, 1.807) is 0 Å². The summed E-state index contributed by atoms with van der Waals surface area (Å²) in [5, 5.41) is 2.69. The Morgan fingerprint density at radius 1 is 0.850 bits per heavy atom. The van der Waals surface area contributed by atoms with Gasteiger partial charge in [0.05, 0.1) is 0 Å². The van der Waals surface area contributed by atoms with Gasteiger partial charge >= 0.3 is 86.7 Å². The summed E-state index contributed by atoms with van der Waals surface area (Å²) in [6.07, 6.45) is 9.33. The van der Waals surface area contributed by atoms with Crippen molar-refractivity contribution < 1.29 is 49.0 Å². The number of allylic oxidation sites excluding steroid dienone is 4. The molecule has 0 spiro atoms. The largest absolute Gasteiger partial charge is 0.179 e. The summed E-state index contributed by atoms with van der Waals surface area (Å²) >= 11 is 1.46. The first-order valence-corrected chi connectivity index (χ1v) is 15.2. The predicted molar refractivity (Wildman–Crippen MR) is 161 cm³/mol. The zero-order valence-corrected chi connectivity index (χ0v) is 28.2. The smallest absolute Gasteiger partial charge is 0.0253 e. The first-order chi connectivity index (χ1) is 18.4. The van der Waals surface area contributed by atoms with Crippen LogP contribution < -0.4 is 24.8 Å². The van der Waals surface area contributed by atoms with Gasteiger partial charge in [-0.05, 0) is 6.42 Å². The third kappa shape index (κ3) is 8.25. The second-order valence-corrected chi connectivity index (χ2v) is 11.6. The van der Waals surface area contributed by atoms with Gasteiger partial charge in [0.2, 0.25) is 0 Å². The minimum Gasteiger partial charge on any atom is -0.179 e. The molecule has 4 aromatic rings. The van der Waals surface area contributed by atoms with Crippen LogP contribution in [-0.2, 0) is 30.7 Å². The fraction of sp³-hybridized carbons (Fsp3) is 0.270. The Bertz CT molecular complexity index is 1420. The number of benzene rings is 4. The van der Waals surface area contributed by atoms with Crippen molar-refractivity contribution in [2.24, 2.45) is 11.3 Å². The molecule has 1 atom stereocenters. The van der Waals surface area contributed by atoms with Crippen LogP contribution in [-0.4, -0.2) is 3.71 Å². The van der Waals surface area contributed by atoms with E-state index in [1.807, 2.05) is 6.07 Å². The summed E-state index contributed by atoms with van der Waals surface area (Å²) in [4.78, 5) is 0. The third-order valence-electron chi connectivity index (χ3n) is 7.25. The Labute approximate surface area is 269 Å². The SMILES string of the molecule is CCC1=[C-]C(CC)C=C1C(C)(C)C.[Cl-].[Cl-].[Zr+2]=[CH]c1cccc2ccccc12.[c-]1cccc2c1Cc1ccccc1-2. The van der Waals surface area contributed by atoms with Gasteiger partial charge in [-0.3, -0.25) is 6.08 Å². The zero-order chi connectivity index (χ0) is 27.1. The molecule has 4 aromatic carbocycles. The second-order valence-electron chi connectivity index (χ2n) is 10.9. The molecule has 0 fully saturated rings. The fourth-order valence-electron chi connectivity index (χ4n) is 5.23. The Morgan fingerprint density at radius 3 is 2.20 bits per heavy atom. The molecule has 3 heteroatoms. The van der Waals surface area contributed by atoms with E-state index in [9.17, 15) is 0 Å².